The van der Waals surface area contributed by atoms with Crippen molar-refractivity contribution in [3.05, 3.63) is 58.7 Å². The van der Waals surface area contributed by atoms with Crippen LogP contribution in [0.25, 0.3) is 11.8 Å². The molecular formula is C17H11NO3. The van der Waals surface area contributed by atoms with Gasteiger partial charge in [-0.05, 0) is 29.3 Å². The zero-order valence-corrected chi connectivity index (χ0v) is 11.1. The van der Waals surface area contributed by atoms with Crippen molar-refractivity contribution < 1.29 is 14.3 Å². The highest BCUT2D eigenvalue weighted by molar-refractivity contribution is 6.14. The molecule has 3 aliphatic rings. The fourth-order valence-corrected chi connectivity index (χ4v) is 3.24. The Hall–Kier alpha value is -2.75. The molecule has 0 radical (unpaired) electrons. The maximum atomic E-state index is 12.8. The molecule has 2 aromatic carbocycles. The van der Waals surface area contributed by atoms with E-state index in [-0.39, 0.29) is 12.7 Å². The number of amides is 1. The largest absolute Gasteiger partial charge is 0.454 e. The first-order chi connectivity index (χ1) is 10.3. The quantitative estimate of drug-likeness (QED) is 0.743. The Morgan fingerprint density at radius 3 is 2.90 bits per heavy atom. The van der Waals surface area contributed by atoms with Crippen LogP contribution in [0.2, 0.25) is 0 Å². The molecule has 0 aromatic heterocycles. The van der Waals surface area contributed by atoms with Crippen molar-refractivity contribution in [1.82, 2.24) is 4.90 Å². The topological polar surface area (TPSA) is 38.8 Å². The molecule has 4 nitrogen and oxygen atoms in total. The van der Waals surface area contributed by atoms with Crippen LogP contribution >= 0.6 is 0 Å². The average Bonchev–Trinajstić information content (AvgIpc) is 3.09. The van der Waals surface area contributed by atoms with Gasteiger partial charge < -0.3 is 14.4 Å². The molecule has 5 rings (SSSR count). The van der Waals surface area contributed by atoms with Crippen LogP contribution in [0.15, 0.2) is 36.4 Å². The normalized spacial score (nSPS) is 17.2. The molecule has 2 aromatic rings. The van der Waals surface area contributed by atoms with Crippen molar-refractivity contribution in [1.29, 1.82) is 0 Å². The van der Waals surface area contributed by atoms with E-state index in [1.165, 1.54) is 5.56 Å². The van der Waals surface area contributed by atoms with Crippen LogP contribution in [-0.4, -0.2) is 17.6 Å². The molecule has 3 heterocycles. The number of rotatable bonds is 0. The number of hydrogen-bond acceptors (Lipinski definition) is 3. The summed E-state index contributed by atoms with van der Waals surface area (Å²) >= 11 is 0. The highest BCUT2D eigenvalue weighted by Crippen LogP contribution is 2.47. The van der Waals surface area contributed by atoms with E-state index in [0.29, 0.717) is 23.6 Å². The van der Waals surface area contributed by atoms with E-state index in [4.69, 9.17) is 9.47 Å². The second-order valence-electron chi connectivity index (χ2n) is 5.34. The number of carbonyl (C=O) groups is 1. The number of benzene rings is 2. The summed E-state index contributed by atoms with van der Waals surface area (Å²) in [6.07, 6.45) is 2.07. The van der Waals surface area contributed by atoms with Gasteiger partial charge in [0.1, 0.15) is 0 Å². The first kappa shape index (κ1) is 11.0. The fraction of sp³-hybridized carbons (Fsp3) is 0.118. The van der Waals surface area contributed by atoms with Gasteiger partial charge in [0.2, 0.25) is 6.79 Å². The van der Waals surface area contributed by atoms with Gasteiger partial charge in [-0.15, -0.1) is 0 Å². The minimum absolute atomic E-state index is 0.00639. The van der Waals surface area contributed by atoms with E-state index in [1.807, 2.05) is 29.2 Å². The van der Waals surface area contributed by atoms with Gasteiger partial charge in [-0.2, -0.15) is 0 Å². The minimum Gasteiger partial charge on any atom is -0.454 e. The van der Waals surface area contributed by atoms with Crippen molar-refractivity contribution >= 4 is 17.7 Å². The Labute approximate surface area is 121 Å². The van der Waals surface area contributed by atoms with Crippen molar-refractivity contribution in [3.63, 3.8) is 0 Å². The third-order valence-corrected chi connectivity index (χ3v) is 4.24. The Morgan fingerprint density at radius 1 is 1.05 bits per heavy atom. The molecule has 0 saturated carbocycles. The second-order valence-corrected chi connectivity index (χ2v) is 5.34. The summed E-state index contributed by atoms with van der Waals surface area (Å²) in [4.78, 5) is 14.6. The zero-order chi connectivity index (χ0) is 14.0. The average molecular weight is 277 g/mol. The van der Waals surface area contributed by atoms with Gasteiger partial charge in [0, 0.05) is 5.56 Å². The van der Waals surface area contributed by atoms with Crippen LogP contribution in [0.5, 0.6) is 11.5 Å². The first-order valence-electron chi connectivity index (χ1n) is 6.87. The van der Waals surface area contributed by atoms with Crippen LogP contribution in [0.4, 0.5) is 0 Å². The molecule has 0 atom stereocenters. The van der Waals surface area contributed by atoms with Gasteiger partial charge in [-0.1, -0.05) is 24.3 Å². The summed E-state index contributed by atoms with van der Waals surface area (Å²) in [5.41, 5.74) is 4.84. The predicted octanol–water partition coefficient (Wildman–Crippen LogP) is 2.88. The Kier molecular flexibility index (Phi) is 1.91. The van der Waals surface area contributed by atoms with E-state index in [0.717, 1.165) is 16.8 Å². The van der Waals surface area contributed by atoms with Crippen LogP contribution in [0.1, 0.15) is 27.0 Å². The second kappa shape index (κ2) is 3.67. The van der Waals surface area contributed by atoms with Crippen LogP contribution in [-0.2, 0) is 6.54 Å². The van der Waals surface area contributed by atoms with Gasteiger partial charge in [0.25, 0.3) is 5.91 Å². The van der Waals surface area contributed by atoms with Crippen molar-refractivity contribution in [3.8, 4) is 11.5 Å². The van der Waals surface area contributed by atoms with Crippen LogP contribution in [0, 0.1) is 0 Å². The van der Waals surface area contributed by atoms with Crippen molar-refractivity contribution in [2.75, 3.05) is 6.79 Å². The van der Waals surface area contributed by atoms with Gasteiger partial charge >= 0.3 is 0 Å². The molecule has 3 aliphatic heterocycles. The zero-order valence-electron chi connectivity index (χ0n) is 11.1. The Balaban J connectivity index is 1.76. The molecule has 21 heavy (non-hydrogen) atoms. The molecule has 0 spiro atoms. The molecule has 0 saturated heterocycles. The maximum Gasteiger partial charge on any atom is 0.263 e. The highest BCUT2D eigenvalue weighted by Gasteiger charge is 2.39. The number of nitrogens with zero attached hydrogens (tertiary/aromatic N) is 1. The van der Waals surface area contributed by atoms with Crippen molar-refractivity contribution in [2.45, 2.75) is 6.54 Å². The van der Waals surface area contributed by atoms with Gasteiger partial charge in [0.15, 0.2) is 11.5 Å². The van der Waals surface area contributed by atoms with E-state index >= 15 is 0 Å². The van der Waals surface area contributed by atoms with Gasteiger partial charge in [-0.25, -0.2) is 0 Å². The number of carbonyl (C=O) groups excluding carboxylic acids is 1. The first-order valence-corrected chi connectivity index (χ1v) is 6.87. The predicted molar refractivity (Wildman–Crippen MR) is 76.8 cm³/mol. The van der Waals surface area contributed by atoms with Gasteiger partial charge in [-0.3, -0.25) is 4.79 Å². The standard InChI is InChI=1S/C17H11NO3/c19-17-15-12(5-6-14-16(15)21-9-20-14)13-7-10-3-1-2-4-11(10)8-18(13)17/h1-7H,8-9H2. The van der Waals surface area contributed by atoms with Crippen LogP contribution in [0.3, 0.4) is 0 Å². The number of hydrogen-bond donors (Lipinski definition) is 0. The molecule has 0 N–H and O–H groups in total. The van der Waals surface area contributed by atoms with Crippen LogP contribution < -0.4 is 9.47 Å². The monoisotopic (exact) mass is 277 g/mol. The smallest absolute Gasteiger partial charge is 0.263 e. The third-order valence-electron chi connectivity index (χ3n) is 4.24. The van der Waals surface area contributed by atoms with Crippen molar-refractivity contribution in [2.24, 2.45) is 0 Å². The summed E-state index contributed by atoms with van der Waals surface area (Å²) < 4.78 is 10.9. The lowest BCUT2D eigenvalue weighted by Gasteiger charge is -2.24. The molecule has 4 heteroatoms. The van der Waals surface area contributed by atoms with E-state index in [1.54, 1.807) is 0 Å². The number of ether oxygens (including phenoxy) is 2. The van der Waals surface area contributed by atoms with E-state index in [9.17, 15) is 4.79 Å². The molecule has 0 aliphatic carbocycles. The highest BCUT2D eigenvalue weighted by atomic mass is 16.7. The fourth-order valence-electron chi connectivity index (χ4n) is 3.24. The molecule has 1 amide bonds. The van der Waals surface area contributed by atoms with Gasteiger partial charge in [0.05, 0.1) is 17.8 Å². The molecular weight excluding hydrogens is 266 g/mol. The molecule has 0 fully saturated rings. The number of fused-ring (bicyclic) bond motifs is 6. The summed E-state index contributed by atoms with van der Waals surface area (Å²) in [7, 11) is 0. The summed E-state index contributed by atoms with van der Waals surface area (Å²) in [6, 6.07) is 12.0. The van der Waals surface area contributed by atoms with E-state index < -0.39 is 0 Å². The minimum atomic E-state index is -0.00639. The lowest BCUT2D eigenvalue weighted by molar-refractivity contribution is 0.0838. The lowest BCUT2D eigenvalue weighted by Crippen LogP contribution is -2.25. The third kappa shape index (κ3) is 1.31. The molecule has 102 valence electrons. The summed E-state index contributed by atoms with van der Waals surface area (Å²) in [6.45, 7) is 0.781. The summed E-state index contributed by atoms with van der Waals surface area (Å²) in [5.74, 6) is 1.23. The maximum absolute atomic E-state index is 12.8. The molecule has 0 bridgehead atoms. The SMILES string of the molecule is O=C1c2c(ccc3c2OCO3)C2=Cc3ccccc3CN12. The Morgan fingerprint density at radius 2 is 1.95 bits per heavy atom. The Bertz CT molecular complexity index is 838. The summed E-state index contributed by atoms with van der Waals surface area (Å²) in [5, 5.41) is 0. The van der Waals surface area contributed by atoms with E-state index in [2.05, 4.69) is 18.2 Å². The molecule has 0 unspecified atom stereocenters. The lowest BCUT2D eigenvalue weighted by atomic mass is 10.00.